The summed E-state index contributed by atoms with van der Waals surface area (Å²) in [5.74, 6) is -1.79. The van der Waals surface area contributed by atoms with Crippen molar-refractivity contribution >= 4 is 34.5 Å². The van der Waals surface area contributed by atoms with E-state index in [0.717, 1.165) is 17.7 Å². The van der Waals surface area contributed by atoms with Gasteiger partial charge >= 0.3 is 11.8 Å². The van der Waals surface area contributed by atoms with Crippen LogP contribution < -0.4 is 10.6 Å². The molecule has 0 bridgehead atoms. The number of hydrogen-bond donors (Lipinski definition) is 3. The van der Waals surface area contributed by atoms with Crippen molar-refractivity contribution in [3.63, 3.8) is 0 Å². The molecule has 2 aromatic rings. The molecule has 1 heterocycles. The molecule has 0 saturated heterocycles. The van der Waals surface area contributed by atoms with Crippen LogP contribution in [-0.2, 0) is 15.2 Å². The van der Waals surface area contributed by atoms with Gasteiger partial charge in [-0.2, -0.15) is 0 Å². The Labute approximate surface area is 159 Å². The molecule has 1 aliphatic carbocycles. The molecule has 3 rings (SSSR count). The number of anilines is 1. The molecule has 0 unspecified atom stereocenters. The van der Waals surface area contributed by atoms with Gasteiger partial charge in [0.25, 0.3) is 5.69 Å². The molecule has 9 heteroatoms. The Morgan fingerprint density at radius 3 is 2.67 bits per heavy atom. The molecular formula is C18H19N3O5S. The smallest absolute Gasteiger partial charge is 0.313 e. The van der Waals surface area contributed by atoms with Gasteiger partial charge in [-0.05, 0) is 42.7 Å². The summed E-state index contributed by atoms with van der Waals surface area (Å²) in [6.07, 6.45) is 1.73. The molecule has 1 atom stereocenters. The summed E-state index contributed by atoms with van der Waals surface area (Å²) in [6, 6.07) is 7.65. The van der Waals surface area contributed by atoms with Gasteiger partial charge in [0.15, 0.2) is 0 Å². The molecule has 1 aromatic carbocycles. The lowest BCUT2D eigenvalue weighted by Gasteiger charge is -2.27. The van der Waals surface area contributed by atoms with Crippen LogP contribution in [0, 0.1) is 23.0 Å². The van der Waals surface area contributed by atoms with E-state index < -0.39 is 22.3 Å². The number of nitro groups is 1. The lowest BCUT2D eigenvalue weighted by molar-refractivity contribution is -0.384. The Morgan fingerprint density at radius 2 is 2.07 bits per heavy atom. The van der Waals surface area contributed by atoms with Crippen LogP contribution in [0.15, 0.2) is 35.7 Å². The summed E-state index contributed by atoms with van der Waals surface area (Å²) in [5, 5.41) is 28.5. The summed E-state index contributed by atoms with van der Waals surface area (Å²) in [6.45, 7) is 1.60. The molecule has 0 spiro atoms. The summed E-state index contributed by atoms with van der Waals surface area (Å²) >= 11 is 1.40. The van der Waals surface area contributed by atoms with Crippen LogP contribution in [-0.4, -0.2) is 28.4 Å². The number of amides is 2. The second-order valence-corrected chi connectivity index (χ2v) is 7.52. The first-order valence-electron chi connectivity index (χ1n) is 8.42. The average molecular weight is 389 g/mol. The third kappa shape index (κ3) is 4.15. The minimum Gasteiger partial charge on any atom is -0.382 e. The number of benzene rings is 1. The quantitative estimate of drug-likeness (QED) is 0.398. The molecule has 1 aromatic heterocycles. The predicted octanol–water partition coefficient (Wildman–Crippen LogP) is 2.32. The second kappa shape index (κ2) is 7.45. The van der Waals surface area contributed by atoms with Crippen LogP contribution in [0.3, 0.4) is 0 Å². The monoisotopic (exact) mass is 389 g/mol. The zero-order chi connectivity index (χ0) is 19.6. The molecule has 3 N–H and O–H groups in total. The van der Waals surface area contributed by atoms with Crippen LogP contribution in [0.2, 0.25) is 0 Å². The highest BCUT2D eigenvalue weighted by Crippen LogP contribution is 2.46. The third-order valence-corrected chi connectivity index (χ3v) is 5.64. The van der Waals surface area contributed by atoms with E-state index in [9.17, 15) is 24.8 Å². The zero-order valence-corrected chi connectivity index (χ0v) is 15.4. The lowest BCUT2D eigenvalue weighted by atomic mass is 9.95. The fourth-order valence-corrected chi connectivity index (χ4v) is 3.75. The number of aryl methyl sites for hydroxylation is 1. The molecule has 0 aliphatic heterocycles. The molecule has 8 nitrogen and oxygen atoms in total. The minimum atomic E-state index is -1.19. The van der Waals surface area contributed by atoms with Crippen molar-refractivity contribution in [1.82, 2.24) is 5.32 Å². The van der Waals surface area contributed by atoms with Crippen LogP contribution in [0.25, 0.3) is 0 Å². The van der Waals surface area contributed by atoms with Gasteiger partial charge in [-0.15, -0.1) is 11.3 Å². The Hall–Kier alpha value is -2.78. The molecule has 27 heavy (non-hydrogen) atoms. The number of nitrogens with zero attached hydrogens (tertiary/aromatic N) is 1. The molecule has 1 fully saturated rings. The van der Waals surface area contributed by atoms with Gasteiger partial charge in [0, 0.05) is 17.0 Å². The van der Waals surface area contributed by atoms with Gasteiger partial charge in [0.2, 0.25) is 0 Å². The molecule has 142 valence electrons. The van der Waals surface area contributed by atoms with E-state index in [2.05, 4.69) is 10.6 Å². The van der Waals surface area contributed by atoms with Crippen molar-refractivity contribution in [2.45, 2.75) is 25.4 Å². The van der Waals surface area contributed by atoms with Crippen LogP contribution in [0.5, 0.6) is 0 Å². The van der Waals surface area contributed by atoms with Gasteiger partial charge < -0.3 is 15.7 Å². The van der Waals surface area contributed by atoms with E-state index in [1.165, 1.54) is 29.5 Å². The Balaban J connectivity index is 1.65. The first kappa shape index (κ1) is 19.0. The van der Waals surface area contributed by atoms with Gasteiger partial charge in [0.1, 0.15) is 5.60 Å². The fourth-order valence-electron chi connectivity index (χ4n) is 2.85. The van der Waals surface area contributed by atoms with Crippen molar-refractivity contribution in [2.24, 2.45) is 5.92 Å². The average Bonchev–Trinajstić information content (AvgIpc) is 3.35. The third-order valence-electron chi connectivity index (χ3n) is 4.61. The van der Waals surface area contributed by atoms with Gasteiger partial charge in [-0.3, -0.25) is 19.7 Å². The molecule has 0 radical (unpaired) electrons. The second-order valence-electron chi connectivity index (χ2n) is 6.57. The maximum absolute atomic E-state index is 12.2. The highest BCUT2D eigenvalue weighted by Gasteiger charge is 2.46. The van der Waals surface area contributed by atoms with Crippen LogP contribution >= 0.6 is 11.3 Å². The number of nitrogens with one attached hydrogen (secondary N) is 2. The molecule has 2 amide bonds. The van der Waals surface area contributed by atoms with Crippen molar-refractivity contribution in [1.29, 1.82) is 0 Å². The summed E-state index contributed by atoms with van der Waals surface area (Å²) in [5.41, 5.74) is -0.585. The van der Waals surface area contributed by atoms with Gasteiger partial charge in [0.05, 0.1) is 17.2 Å². The van der Waals surface area contributed by atoms with E-state index in [0.29, 0.717) is 5.56 Å². The van der Waals surface area contributed by atoms with Crippen molar-refractivity contribution < 1.29 is 19.6 Å². The van der Waals surface area contributed by atoms with E-state index >= 15 is 0 Å². The number of aliphatic hydroxyl groups is 1. The number of carbonyl (C=O) groups is 2. The van der Waals surface area contributed by atoms with Crippen LogP contribution in [0.1, 0.15) is 23.3 Å². The summed E-state index contributed by atoms with van der Waals surface area (Å²) < 4.78 is 0. The number of nitro benzene ring substituents is 1. The Morgan fingerprint density at radius 1 is 1.33 bits per heavy atom. The Bertz CT molecular complexity index is 879. The summed E-state index contributed by atoms with van der Waals surface area (Å²) in [7, 11) is 0. The van der Waals surface area contributed by atoms with E-state index in [1.807, 2.05) is 17.5 Å². The highest BCUT2D eigenvalue weighted by atomic mass is 32.1. The number of non-ortho nitro benzene ring substituents is 1. The predicted molar refractivity (Wildman–Crippen MR) is 100 cm³/mol. The van der Waals surface area contributed by atoms with E-state index in [1.54, 1.807) is 6.92 Å². The normalized spacial score (nSPS) is 15.6. The maximum Gasteiger partial charge on any atom is 0.313 e. The first-order valence-corrected chi connectivity index (χ1v) is 9.30. The van der Waals surface area contributed by atoms with Gasteiger partial charge in [-0.25, -0.2) is 0 Å². The van der Waals surface area contributed by atoms with Crippen molar-refractivity contribution in [2.75, 3.05) is 11.9 Å². The van der Waals surface area contributed by atoms with Crippen LogP contribution in [0.4, 0.5) is 11.4 Å². The fraction of sp³-hybridized carbons (Fsp3) is 0.333. The maximum atomic E-state index is 12.2. The number of carbonyl (C=O) groups excluding carboxylic acids is 2. The highest BCUT2D eigenvalue weighted by molar-refractivity contribution is 7.10. The standard InChI is InChI=1S/C18H19N3O5S/c1-11-4-7-13(21(25)26)9-14(11)20-17(23)16(22)19-10-18(24,12-5-6-12)15-3-2-8-27-15/h2-4,7-9,12,24H,5-6,10H2,1H3,(H,19,22)(H,20,23)/t18-/m1/s1. The van der Waals surface area contributed by atoms with Gasteiger partial charge in [-0.1, -0.05) is 12.1 Å². The topological polar surface area (TPSA) is 122 Å². The Kier molecular flexibility index (Phi) is 5.24. The number of hydrogen-bond acceptors (Lipinski definition) is 6. The molecule has 1 aliphatic rings. The molecule has 1 saturated carbocycles. The largest absolute Gasteiger partial charge is 0.382 e. The molecular weight excluding hydrogens is 370 g/mol. The van der Waals surface area contributed by atoms with Crippen molar-refractivity contribution in [3.8, 4) is 0 Å². The minimum absolute atomic E-state index is 0.0542. The lowest BCUT2D eigenvalue weighted by Crippen LogP contribution is -2.45. The zero-order valence-electron chi connectivity index (χ0n) is 14.6. The number of thiophene rings is 1. The SMILES string of the molecule is Cc1ccc([N+](=O)[O-])cc1NC(=O)C(=O)NC[C@](O)(c1cccs1)C1CC1. The number of rotatable bonds is 6. The van der Waals surface area contributed by atoms with Crippen molar-refractivity contribution in [3.05, 3.63) is 56.3 Å². The van der Waals surface area contributed by atoms with E-state index in [-0.39, 0.29) is 23.8 Å². The first-order chi connectivity index (χ1) is 12.8. The summed E-state index contributed by atoms with van der Waals surface area (Å²) in [4.78, 5) is 35.4. The van der Waals surface area contributed by atoms with E-state index in [4.69, 9.17) is 0 Å².